The maximum atomic E-state index is 8.84. The molecule has 0 fully saturated rings. The molecule has 0 spiro atoms. The van der Waals surface area contributed by atoms with E-state index in [0.717, 1.165) is 11.2 Å². The normalized spacial score (nSPS) is 9.87. The lowest BCUT2D eigenvalue weighted by atomic mass is 9.87. The number of benzene rings is 1. The van der Waals surface area contributed by atoms with Gasteiger partial charge in [-0.1, -0.05) is 11.6 Å². The van der Waals surface area contributed by atoms with Gasteiger partial charge in [0.05, 0.1) is 18.1 Å². The number of rotatable bonds is 5. The summed E-state index contributed by atoms with van der Waals surface area (Å²) in [6.45, 7) is 0.144. The van der Waals surface area contributed by atoms with Crippen LogP contribution in [0.4, 0.5) is 11.4 Å². The zero-order valence-corrected chi connectivity index (χ0v) is 9.14. The third kappa shape index (κ3) is 3.00. The Morgan fingerprint density at radius 3 is 2.80 bits per heavy atom. The van der Waals surface area contributed by atoms with Crippen molar-refractivity contribution in [2.75, 3.05) is 24.6 Å². The summed E-state index contributed by atoms with van der Waals surface area (Å²) in [4.78, 5) is 0. The summed E-state index contributed by atoms with van der Waals surface area (Å²) in [6, 6.07) is 3.40. The molecule has 0 radical (unpaired) electrons. The van der Waals surface area contributed by atoms with E-state index in [-0.39, 0.29) is 6.73 Å². The molecule has 0 aliphatic heterocycles. The van der Waals surface area contributed by atoms with Gasteiger partial charge in [0.1, 0.15) is 0 Å². The van der Waals surface area contributed by atoms with E-state index < -0.39 is 0 Å². The molecule has 7 heteroatoms. The van der Waals surface area contributed by atoms with Gasteiger partial charge < -0.3 is 15.7 Å². The largest absolute Gasteiger partial charge is 0.422 e. The molecule has 0 saturated carbocycles. The van der Waals surface area contributed by atoms with E-state index >= 15 is 0 Å². The highest BCUT2D eigenvalue weighted by molar-refractivity contribution is 6.54. The van der Waals surface area contributed by atoms with Gasteiger partial charge in [0.15, 0.2) is 0 Å². The second-order valence-electron chi connectivity index (χ2n) is 2.87. The Bertz CT molecular complexity index is 338. The summed E-state index contributed by atoms with van der Waals surface area (Å²) in [6.07, 6.45) is 0. The van der Waals surface area contributed by atoms with Crippen molar-refractivity contribution in [1.29, 1.82) is 0 Å². The molecule has 0 heterocycles. The Morgan fingerprint density at radius 1 is 1.53 bits per heavy atom. The lowest BCUT2D eigenvalue weighted by Gasteiger charge is -2.11. The van der Waals surface area contributed by atoms with Crippen LogP contribution in [0.2, 0.25) is 5.02 Å². The van der Waals surface area contributed by atoms with Crippen molar-refractivity contribution in [2.24, 2.45) is 5.73 Å². The molecular weight excluding hydrogens is 216 g/mol. The Hall–Kier alpha value is -0.945. The fraction of sp³-hybridized carbons (Fsp3) is 0.250. The molecule has 1 aromatic rings. The molecule has 15 heavy (non-hydrogen) atoms. The van der Waals surface area contributed by atoms with Crippen LogP contribution in [0.25, 0.3) is 0 Å². The first-order valence-corrected chi connectivity index (χ1v) is 4.78. The van der Waals surface area contributed by atoms with Crippen LogP contribution in [-0.4, -0.2) is 26.5 Å². The lowest BCUT2D eigenvalue weighted by Crippen LogP contribution is -2.22. The number of anilines is 2. The predicted octanol–water partition coefficient (Wildman–Crippen LogP) is 0.0924. The molecule has 5 nitrogen and oxygen atoms in total. The number of hydrogen-bond donors (Lipinski definition) is 4. The van der Waals surface area contributed by atoms with E-state index in [0.29, 0.717) is 18.2 Å². The highest BCUT2D eigenvalue weighted by Crippen LogP contribution is 2.23. The third-order valence-corrected chi connectivity index (χ3v) is 2.30. The summed E-state index contributed by atoms with van der Waals surface area (Å²) in [7, 11) is 2.09. The minimum Gasteiger partial charge on any atom is -0.422 e. The van der Waals surface area contributed by atoms with Crippen molar-refractivity contribution in [3.05, 3.63) is 17.2 Å². The van der Waals surface area contributed by atoms with Crippen LogP contribution in [0.1, 0.15) is 0 Å². The molecule has 0 saturated heterocycles. The van der Waals surface area contributed by atoms with Crippen molar-refractivity contribution in [3.63, 3.8) is 0 Å². The topological polar surface area (TPSA) is 79.5 Å². The summed E-state index contributed by atoms with van der Waals surface area (Å²) in [5.41, 5.74) is 9.34. The maximum Gasteiger partial charge on any atom is 0.311 e. The average Bonchev–Trinajstić information content (AvgIpc) is 2.27. The molecule has 82 valence electrons. The van der Waals surface area contributed by atoms with Crippen LogP contribution in [0.3, 0.4) is 0 Å². The lowest BCUT2D eigenvalue weighted by molar-refractivity contribution is 0.355. The van der Waals surface area contributed by atoms with Crippen molar-refractivity contribution >= 4 is 35.9 Å². The van der Waals surface area contributed by atoms with Gasteiger partial charge in [-0.05, 0) is 17.6 Å². The fourth-order valence-electron chi connectivity index (χ4n) is 1.20. The van der Waals surface area contributed by atoms with E-state index in [1.165, 1.54) is 0 Å². The SMILES string of the molecule is CNc1cc(BOCN)c(Cl)cc1NO. The summed E-state index contributed by atoms with van der Waals surface area (Å²) in [5, 5.41) is 12.3. The maximum absolute atomic E-state index is 8.84. The first kappa shape index (κ1) is 12.1. The predicted molar refractivity (Wildman–Crippen MR) is 63.3 cm³/mol. The molecule has 1 aromatic carbocycles. The zero-order chi connectivity index (χ0) is 11.3. The average molecular weight is 229 g/mol. The van der Waals surface area contributed by atoms with Gasteiger partial charge >= 0.3 is 7.48 Å². The molecule has 0 aliphatic carbocycles. The zero-order valence-electron chi connectivity index (χ0n) is 8.38. The highest BCUT2D eigenvalue weighted by atomic mass is 35.5. The second kappa shape index (κ2) is 5.82. The van der Waals surface area contributed by atoms with Gasteiger partial charge in [-0.3, -0.25) is 10.7 Å². The summed E-state index contributed by atoms with van der Waals surface area (Å²) in [5.74, 6) is 0. The number of nitrogens with one attached hydrogen (secondary N) is 2. The number of hydrogen-bond acceptors (Lipinski definition) is 5. The van der Waals surface area contributed by atoms with Crippen LogP contribution >= 0.6 is 11.6 Å². The van der Waals surface area contributed by atoms with E-state index in [2.05, 4.69) is 10.8 Å². The van der Waals surface area contributed by atoms with Gasteiger partial charge in [0, 0.05) is 12.1 Å². The van der Waals surface area contributed by atoms with Crippen LogP contribution in [-0.2, 0) is 4.65 Å². The highest BCUT2D eigenvalue weighted by Gasteiger charge is 2.08. The molecule has 0 atom stereocenters. The van der Waals surface area contributed by atoms with Crippen LogP contribution in [0.5, 0.6) is 0 Å². The number of halogens is 1. The van der Waals surface area contributed by atoms with Gasteiger partial charge in [0.25, 0.3) is 0 Å². The Morgan fingerprint density at radius 2 is 2.27 bits per heavy atom. The Labute approximate surface area is 93.8 Å². The van der Waals surface area contributed by atoms with Gasteiger partial charge in [-0.15, -0.1) is 0 Å². The molecule has 1 rings (SSSR count). The Balaban J connectivity index is 2.97. The smallest absolute Gasteiger partial charge is 0.311 e. The van der Waals surface area contributed by atoms with E-state index in [9.17, 15) is 0 Å². The van der Waals surface area contributed by atoms with Crippen LogP contribution in [0, 0.1) is 0 Å². The molecule has 0 bridgehead atoms. The molecular formula is C8H13BClN3O2. The van der Waals surface area contributed by atoms with Crippen LogP contribution in [0.15, 0.2) is 12.1 Å². The summed E-state index contributed by atoms with van der Waals surface area (Å²) < 4.78 is 5.06. The molecule has 0 amide bonds. The molecule has 5 N–H and O–H groups in total. The molecule has 0 unspecified atom stereocenters. The van der Waals surface area contributed by atoms with Crippen molar-refractivity contribution < 1.29 is 9.86 Å². The first-order chi connectivity index (χ1) is 7.22. The van der Waals surface area contributed by atoms with Crippen molar-refractivity contribution in [1.82, 2.24) is 0 Å². The van der Waals surface area contributed by atoms with Crippen molar-refractivity contribution in [3.8, 4) is 0 Å². The van der Waals surface area contributed by atoms with Gasteiger partial charge in [-0.25, -0.2) is 0 Å². The second-order valence-corrected chi connectivity index (χ2v) is 3.27. The van der Waals surface area contributed by atoms with E-state index in [4.69, 9.17) is 27.2 Å². The van der Waals surface area contributed by atoms with Crippen molar-refractivity contribution in [2.45, 2.75) is 0 Å². The fourth-order valence-corrected chi connectivity index (χ4v) is 1.42. The summed E-state index contributed by atoms with van der Waals surface area (Å²) >= 11 is 5.97. The van der Waals surface area contributed by atoms with Gasteiger partial charge in [0.2, 0.25) is 0 Å². The third-order valence-electron chi connectivity index (χ3n) is 1.95. The first-order valence-electron chi connectivity index (χ1n) is 4.41. The quantitative estimate of drug-likeness (QED) is 0.327. The molecule has 0 aliphatic rings. The van der Waals surface area contributed by atoms with Crippen LogP contribution < -0.4 is 22.0 Å². The minimum absolute atomic E-state index is 0.144. The number of nitrogens with two attached hydrogens (primary N) is 1. The van der Waals surface area contributed by atoms with E-state index in [1.54, 1.807) is 19.2 Å². The molecule has 0 aromatic heterocycles. The van der Waals surface area contributed by atoms with E-state index in [1.807, 2.05) is 0 Å². The standard InChI is InChI=1S/C8H13BClN3O2/c1-12-7-2-5(9-15-4-11)6(10)3-8(7)13-14/h2-3,9,12-14H,4,11H2,1H3. The monoisotopic (exact) mass is 229 g/mol. The minimum atomic E-state index is 0.144. The van der Waals surface area contributed by atoms with Gasteiger partial charge in [-0.2, -0.15) is 0 Å². The Kier molecular flexibility index (Phi) is 4.70.